The first-order valence-corrected chi connectivity index (χ1v) is 8.69. The molecule has 1 rings (SSSR count). The quantitative estimate of drug-likeness (QED) is 0.585. The van der Waals surface area contributed by atoms with Crippen LogP contribution >= 0.6 is 11.8 Å². The molecule has 1 N–H and O–H groups in total. The van der Waals surface area contributed by atoms with E-state index in [0.717, 1.165) is 17.1 Å². The number of anilines is 1. The minimum Gasteiger partial charge on any atom is -0.356 e. The van der Waals surface area contributed by atoms with Crippen LogP contribution in [0.2, 0.25) is 0 Å². The van der Waals surface area contributed by atoms with Crippen molar-refractivity contribution in [3.8, 4) is 0 Å². The Morgan fingerprint density at radius 3 is 2.55 bits per heavy atom. The minimum atomic E-state index is 0.888. The molecule has 1 nitrogen and oxygen atoms in total. The topological polar surface area (TPSA) is 12.0 Å². The molecule has 118 valence electrons. The third-order valence-electron chi connectivity index (χ3n) is 3.47. The largest absolute Gasteiger partial charge is 0.356 e. The Bertz CT molecular complexity index is 606. The van der Waals surface area contributed by atoms with Gasteiger partial charge in [-0.25, -0.2) is 0 Å². The van der Waals surface area contributed by atoms with Crippen LogP contribution in [0.15, 0.2) is 65.3 Å². The van der Waals surface area contributed by atoms with Gasteiger partial charge >= 0.3 is 0 Å². The summed E-state index contributed by atoms with van der Waals surface area (Å²) in [6, 6.07) is 6.36. The second-order valence-corrected chi connectivity index (χ2v) is 6.43. The highest BCUT2D eigenvalue weighted by molar-refractivity contribution is 8.02. The van der Waals surface area contributed by atoms with Gasteiger partial charge in [-0.1, -0.05) is 31.7 Å². The molecule has 0 radical (unpaired) electrons. The molecule has 0 amide bonds. The fourth-order valence-corrected chi connectivity index (χ4v) is 2.52. The van der Waals surface area contributed by atoms with Gasteiger partial charge in [0, 0.05) is 11.4 Å². The Kier molecular flexibility index (Phi) is 7.83. The zero-order valence-corrected chi connectivity index (χ0v) is 15.2. The Hall–Kier alpha value is -1.67. The van der Waals surface area contributed by atoms with E-state index in [1.54, 1.807) is 0 Å². The van der Waals surface area contributed by atoms with E-state index < -0.39 is 0 Å². The summed E-state index contributed by atoms with van der Waals surface area (Å²) in [6.07, 6.45) is 6.26. The smallest absolute Gasteiger partial charge is 0.0386 e. The van der Waals surface area contributed by atoms with Crippen molar-refractivity contribution < 1.29 is 0 Å². The third-order valence-corrected chi connectivity index (χ3v) is 4.32. The van der Waals surface area contributed by atoms with Crippen molar-refractivity contribution in [1.29, 1.82) is 0 Å². The summed E-state index contributed by atoms with van der Waals surface area (Å²) >= 11 is 1.82. The van der Waals surface area contributed by atoms with Crippen molar-refractivity contribution >= 4 is 17.4 Å². The predicted octanol–water partition coefficient (Wildman–Crippen LogP) is 6.39. The van der Waals surface area contributed by atoms with Gasteiger partial charge in [-0.3, -0.25) is 0 Å². The lowest BCUT2D eigenvalue weighted by Gasteiger charge is -2.09. The summed E-state index contributed by atoms with van der Waals surface area (Å²) in [4.78, 5) is 0. The van der Waals surface area contributed by atoms with Gasteiger partial charge in [0.25, 0.3) is 0 Å². The summed E-state index contributed by atoms with van der Waals surface area (Å²) in [7, 11) is 0. The van der Waals surface area contributed by atoms with E-state index in [4.69, 9.17) is 0 Å². The van der Waals surface area contributed by atoms with Gasteiger partial charge in [-0.05, 0) is 79.3 Å². The molecule has 0 spiro atoms. The summed E-state index contributed by atoms with van der Waals surface area (Å²) in [6.45, 7) is 14.7. The fourth-order valence-electron chi connectivity index (χ4n) is 1.97. The highest BCUT2D eigenvalue weighted by Gasteiger charge is 1.98. The van der Waals surface area contributed by atoms with Crippen molar-refractivity contribution in [1.82, 2.24) is 0 Å². The second kappa shape index (κ2) is 9.37. The average Bonchev–Trinajstić information content (AvgIpc) is 2.49. The Balaban J connectivity index is 2.72. The molecule has 0 aliphatic heterocycles. The number of thioether (sulfide) groups is 1. The fraction of sp³-hybridized carbons (Fsp3) is 0.300. The number of benzene rings is 1. The molecular formula is C20H27NS. The molecule has 0 unspecified atom stereocenters. The molecule has 2 heteroatoms. The van der Waals surface area contributed by atoms with Gasteiger partial charge in [-0.15, -0.1) is 11.8 Å². The average molecular weight is 314 g/mol. The second-order valence-electron chi connectivity index (χ2n) is 5.28. The highest BCUT2D eigenvalue weighted by Crippen LogP contribution is 2.18. The summed E-state index contributed by atoms with van der Waals surface area (Å²) in [5, 5.41) is 5.55. The molecule has 1 aromatic carbocycles. The van der Waals surface area contributed by atoms with Crippen LogP contribution in [0, 0.1) is 13.8 Å². The maximum atomic E-state index is 4.08. The van der Waals surface area contributed by atoms with Gasteiger partial charge in [0.2, 0.25) is 0 Å². The van der Waals surface area contributed by atoms with Gasteiger partial charge in [0.05, 0.1) is 0 Å². The van der Waals surface area contributed by atoms with E-state index in [1.807, 2.05) is 17.8 Å². The normalized spacial score (nSPS) is 12.8. The van der Waals surface area contributed by atoms with Crippen molar-refractivity contribution in [3.05, 3.63) is 76.4 Å². The zero-order chi connectivity index (χ0) is 16.5. The minimum absolute atomic E-state index is 0.888. The number of rotatable bonds is 7. The number of hydrogen-bond donors (Lipinski definition) is 1. The highest BCUT2D eigenvalue weighted by atomic mass is 32.2. The van der Waals surface area contributed by atoms with Crippen LogP contribution < -0.4 is 5.32 Å². The summed E-state index contributed by atoms with van der Waals surface area (Å²) < 4.78 is 0. The molecule has 1 aromatic rings. The van der Waals surface area contributed by atoms with E-state index in [0.29, 0.717) is 0 Å². The van der Waals surface area contributed by atoms with Crippen LogP contribution in [0.1, 0.15) is 31.9 Å². The molecule has 0 saturated heterocycles. The monoisotopic (exact) mass is 313 g/mol. The number of nitrogens with one attached hydrogen (secondary N) is 1. The first-order chi connectivity index (χ1) is 10.5. The van der Waals surface area contributed by atoms with Crippen LogP contribution in [0.3, 0.4) is 0 Å². The number of aryl methyl sites for hydroxylation is 2. The van der Waals surface area contributed by atoms with E-state index >= 15 is 0 Å². The van der Waals surface area contributed by atoms with Gasteiger partial charge in [-0.2, -0.15) is 0 Å². The van der Waals surface area contributed by atoms with E-state index in [9.17, 15) is 0 Å². The molecule has 22 heavy (non-hydrogen) atoms. The van der Waals surface area contributed by atoms with E-state index in [1.165, 1.54) is 22.3 Å². The maximum Gasteiger partial charge on any atom is 0.0386 e. The first-order valence-electron chi connectivity index (χ1n) is 7.64. The zero-order valence-electron chi connectivity index (χ0n) is 14.4. The van der Waals surface area contributed by atoms with Crippen LogP contribution in [-0.2, 0) is 0 Å². The van der Waals surface area contributed by atoms with Crippen LogP contribution in [0.4, 0.5) is 5.69 Å². The van der Waals surface area contributed by atoms with Crippen molar-refractivity contribution in [2.75, 3.05) is 11.1 Å². The lowest BCUT2D eigenvalue weighted by atomic mass is 10.1. The molecule has 0 bridgehead atoms. The molecular weight excluding hydrogens is 286 g/mol. The molecule has 0 atom stereocenters. The Morgan fingerprint density at radius 2 is 1.95 bits per heavy atom. The van der Waals surface area contributed by atoms with Gasteiger partial charge < -0.3 is 5.32 Å². The van der Waals surface area contributed by atoms with Gasteiger partial charge in [0.1, 0.15) is 0 Å². The number of allylic oxidation sites excluding steroid dienone is 5. The van der Waals surface area contributed by atoms with Crippen LogP contribution in [-0.4, -0.2) is 5.75 Å². The molecule has 0 aromatic heterocycles. The SMILES string of the molecule is C=C(/C=C/C(=C\C)C(/C)=C/SCC)Nc1ccc(C)c(C)c1. The van der Waals surface area contributed by atoms with E-state index in [-0.39, 0.29) is 0 Å². The van der Waals surface area contributed by atoms with Crippen LogP contribution in [0.5, 0.6) is 0 Å². The molecule has 0 heterocycles. The molecule has 0 saturated carbocycles. The Labute approximate surface area is 139 Å². The van der Waals surface area contributed by atoms with Crippen molar-refractivity contribution in [2.45, 2.75) is 34.6 Å². The summed E-state index contributed by atoms with van der Waals surface area (Å²) in [5.41, 5.74) is 7.06. The third kappa shape index (κ3) is 5.98. The summed E-state index contributed by atoms with van der Waals surface area (Å²) in [5.74, 6) is 1.10. The Morgan fingerprint density at radius 1 is 1.23 bits per heavy atom. The first kappa shape index (κ1) is 18.4. The lowest BCUT2D eigenvalue weighted by molar-refractivity contribution is 1.33. The van der Waals surface area contributed by atoms with E-state index in [2.05, 4.69) is 82.3 Å². The predicted molar refractivity (Wildman–Crippen MR) is 103 cm³/mol. The number of hydrogen-bond acceptors (Lipinski definition) is 2. The molecule has 0 fully saturated rings. The molecule has 0 aliphatic carbocycles. The standard InChI is InChI=1S/C20H27NS/c1-7-19(17(5)14-22-8-2)11-10-18(6)21-20-12-9-15(3)16(4)13-20/h7,9-14,21H,6,8H2,1-5H3/b11-10+,17-14+,19-7+. The molecule has 0 aliphatic rings. The van der Waals surface area contributed by atoms with Gasteiger partial charge in [0.15, 0.2) is 0 Å². The lowest BCUT2D eigenvalue weighted by Crippen LogP contribution is -1.96. The van der Waals surface area contributed by atoms with Crippen molar-refractivity contribution in [2.24, 2.45) is 0 Å². The van der Waals surface area contributed by atoms with Crippen LogP contribution in [0.25, 0.3) is 0 Å². The van der Waals surface area contributed by atoms with Crippen molar-refractivity contribution in [3.63, 3.8) is 0 Å². The maximum absolute atomic E-state index is 4.08.